The number of aromatic nitrogens is 2. The molecule has 29 heavy (non-hydrogen) atoms. The monoisotopic (exact) mass is 392 g/mol. The van der Waals surface area contributed by atoms with Crippen molar-refractivity contribution in [2.75, 3.05) is 31.1 Å². The maximum Gasteiger partial charge on any atom is 0.275 e. The molecule has 0 radical (unpaired) electrons. The number of carbonyl (C=O) groups is 1. The predicted octanol–water partition coefficient (Wildman–Crippen LogP) is 2.65. The quantitative estimate of drug-likeness (QED) is 0.741. The van der Waals surface area contributed by atoms with Crippen LogP contribution in [0.1, 0.15) is 30.4 Å². The molecular formula is C22H24N4O3. The summed E-state index contributed by atoms with van der Waals surface area (Å²) in [6, 6.07) is 14.1. The van der Waals surface area contributed by atoms with E-state index in [4.69, 9.17) is 0 Å². The molecule has 1 fully saturated rings. The minimum absolute atomic E-state index is 0.134. The van der Waals surface area contributed by atoms with Gasteiger partial charge in [0.15, 0.2) is 5.69 Å². The van der Waals surface area contributed by atoms with Crippen molar-refractivity contribution in [2.45, 2.75) is 19.9 Å². The third-order valence-corrected chi connectivity index (χ3v) is 5.30. The Kier molecular flexibility index (Phi) is 4.96. The zero-order valence-corrected chi connectivity index (χ0v) is 16.6. The van der Waals surface area contributed by atoms with Gasteiger partial charge >= 0.3 is 0 Å². The first kappa shape index (κ1) is 19.0. The number of carbonyl (C=O) groups excluding carboxylic acids is 1. The Morgan fingerprint density at radius 1 is 0.966 bits per heavy atom. The summed E-state index contributed by atoms with van der Waals surface area (Å²) in [5.74, 6) is 0.0850. The van der Waals surface area contributed by atoms with Crippen molar-refractivity contribution in [1.82, 2.24) is 14.7 Å². The lowest BCUT2D eigenvalue weighted by Crippen LogP contribution is -2.49. The Hall–Kier alpha value is -3.35. The lowest BCUT2D eigenvalue weighted by Gasteiger charge is -2.36. The smallest absolute Gasteiger partial charge is 0.275 e. The second-order valence-corrected chi connectivity index (χ2v) is 7.53. The molecule has 1 N–H and O–H groups in total. The largest absolute Gasteiger partial charge is 0.508 e. The zero-order chi connectivity index (χ0) is 20.5. The van der Waals surface area contributed by atoms with E-state index in [0.29, 0.717) is 42.6 Å². The highest BCUT2D eigenvalue weighted by Crippen LogP contribution is 2.21. The average Bonchev–Trinajstić information content (AvgIpc) is 2.74. The topological polar surface area (TPSA) is 78.7 Å². The van der Waals surface area contributed by atoms with E-state index >= 15 is 0 Å². The van der Waals surface area contributed by atoms with Crippen LogP contribution in [0.25, 0.3) is 10.8 Å². The zero-order valence-electron chi connectivity index (χ0n) is 16.6. The summed E-state index contributed by atoms with van der Waals surface area (Å²) in [4.78, 5) is 30.0. The Morgan fingerprint density at radius 2 is 1.59 bits per heavy atom. The molecule has 7 heteroatoms. The van der Waals surface area contributed by atoms with Gasteiger partial charge in [-0.2, -0.15) is 5.10 Å². The highest BCUT2D eigenvalue weighted by atomic mass is 16.3. The van der Waals surface area contributed by atoms with Crippen molar-refractivity contribution in [1.29, 1.82) is 0 Å². The van der Waals surface area contributed by atoms with Crippen molar-refractivity contribution in [3.8, 4) is 5.75 Å². The Balaban J connectivity index is 1.61. The van der Waals surface area contributed by atoms with E-state index in [9.17, 15) is 14.7 Å². The summed E-state index contributed by atoms with van der Waals surface area (Å²) in [7, 11) is 0. The van der Waals surface area contributed by atoms with E-state index in [-0.39, 0.29) is 23.3 Å². The fourth-order valence-corrected chi connectivity index (χ4v) is 3.70. The molecule has 7 nitrogen and oxygen atoms in total. The van der Waals surface area contributed by atoms with Crippen LogP contribution < -0.4 is 10.5 Å². The number of rotatable bonds is 3. The van der Waals surface area contributed by atoms with Gasteiger partial charge < -0.3 is 14.9 Å². The minimum Gasteiger partial charge on any atom is -0.508 e. The molecule has 1 amide bonds. The molecular weight excluding hydrogens is 368 g/mol. The van der Waals surface area contributed by atoms with Crippen molar-refractivity contribution < 1.29 is 9.90 Å². The summed E-state index contributed by atoms with van der Waals surface area (Å²) in [6.07, 6.45) is 0. The SMILES string of the molecule is CC(C)n1nc(C(=O)N2CCN(c3ccc(O)cc3)CC2)c2ccccc2c1=O. The first-order valence-electron chi connectivity index (χ1n) is 9.80. The van der Waals surface area contributed by atoms with Gasteiger partial charge in [0.1, 0.15) is 5.75 Å². The molecule has 1 aliphatic rings. The highest BCUT2D eigenvalue weighted by molar-refractivity contribution is 6.04. The van der Waals surface area contributed by atoms with Crippen LogP contribution in [0.5, 0.6) is 5.75 Å². The second-order valence-electron chi connectivity index (χ2n) is 7.53. The number of nitrogens with zero attached hydrogens (tertiary/aromatic N) is 4. The molecule has 150 valence electrons. The van der Waals surface area contributed by atoms with Gasteiger partial charge in [0.2, 0.25) is 0 Å². The van der Waals surface area contributed by atoms with Crippen LogP contribution >= 0.6 is 0 Å². The van der Waals surface area contributed by atoms with Gasteiger partial charge in [-0.15, -0.1) is 0 Å². The third-order valence-electron chi connectivity index (χ3n) is 5.30. The number of benzene rings is 2. The van der Waals surface area contributed by atoms with Gasteiger partial charge in [0.25, 0.3) is 11.5 Å². The normalized spacial score (nSPS) is 14.6. The Bertz CT molecular complexity index is 1100. The molecule has 4 rings (SSSR count). The summed E-state index contributed by atoms with van der Waals surface area (Å²) in [6.45, 7) is 6.28. The van der Waals surface area contributed by atoms with E-state index in [1.807, 2.05) is 32.0 Å². The maximum atomic E-state index is 13.3. The van der Waals surface area contributed by atoms with Crippen LogP contribution in [-0.2, 0) is 0 Å². The maximum absolute atomic E-state index is 13.3. The molecule has 0 saturated carbocycles. The number of fused-ring (bicyclic) bond motifs is 1. The summed E-state index contributed by atoms with van der Waals surface area (Å²) >= 11 is 0. The van der Waals surface area contributed by atoms with Crippen molar-refractivity contribution in [2.24, 2.45) is 0 Å². The van der Waals surface area contributed by atoms with Gasteiger partial charge in [0.05, 0.1) is 11.4 Å². The molecule has 0 bridgehead atoms. The molecule has 2 heterocycles. The summed E-state index contributed by atoms with van der Waals surface area (Å²) in [5, 5.41) is 15.0. The number of anilines is 1. The fraction of sp³-hybridized carbons (Fsp3) is 0.318. The fourth-order valence-electron chi connectivity index (χ4n) is 3.70. The standard InChI is InChI=1S/C22H24N4O3/c1-15(2)26-21(28)19-6-4-3-5-18(19)20(23-26)22(29)25-13-11-24(12-14-25)16-7-9-17(27)10-8-16/h3-10,15,27H,11-14H2,1-2H3. The van der Waals surface area contributed by atoms with Gasteiger partial charge in [-0.05, 0) is 44.2 Å². The van der Waals surface area contributed by atoms with E-state index < -0.39 is 0 Å². The number of phenols is 1. The lowest BCUT2D eigenvalue weighted by molar-refractivity contribution is 0.0740. The van der Waals surface area contributed by atoms with Gasteiger partial charge in [-0.25, -0.2) is 4.68 Å². The molecule has 0 spiro atoms. The van der Waals surface area contributed by atoms with Crippen LogP contribution in [-0.4, -0.2) is 51.9 Å². The van der Waals surface area contributed by atoms with E-state index in [1.54, 1.807) is 35.2 Å². The van der Waals surface area contributed by atoms with Crippen LogP contribution in [0, 0.1) is 0 Å². The van der Waals surface area contributed by atoms with Crippen molar-refractivity contribution in [3.05, 3.63) is 64.6 Å². The van der Waals surface area contributed by atoms with E-state index in [2.05, 4.69) is 10.00 Å². The first-order chi connectivity index (χ1) is 14.0. The molecule has 2 aromatic carbocycles. The highest BCUT2D eigenvalue weighted by Gasteiger charge is 2.26. The molecule has 1 aromatic heterocycles. The molecule has 0 atom stereocenters. The van der Waals surface area contributed by atoms with Crippen LogP contribution in [0.15, 0.2) is 53.3 Å². The van der Waals surface area contributed by atoms with Crippen LogP contribution in [0.4, 0.5) is 5.69 Å². The summed E-state index contributed by atoms with van der Waals surface area (Å²) < 4.78 is 1.39. The van der Waals surface area contributed by atoms with Gasteiger partial charge in [-0.3, -0.25) is 9.59 Å². The van der Waals surface area contributed by atoms with E-state index in [0.717, 1.165) is 5.69 Å². The summed E-state index contributed by atoms with van der Waals surface area (Å²) in [5.41, 5.74) is 1.17. The van der Waals surface area contributed by atoms with Crippen molar-refractivity contribution >= 4 is 22.4 Å². The Morgan fingerprint density at radius 3 is 2.21 bits per heavy atom. The lowest BCUT2D eigenvalue weighted by atomic mass is 10.1. The number of hydrogen-bond donors (Lipinski definition) is 1. The number of amides is 1. The second kappa shape index (κ2) is 7.58. The number of hydrogen-bond acceptors (Lipinski definition) is 5. The van der Waals surface area contributed by atoms with Crippen molar-refractivity contribution in [3.63, 3.8) is 0 Å². The number of aromatic hydroxyl groups is 1. The number of phenolic OH excluding ortho intramolecular Hbond substituents is 1. The van der Waals surface area contributed by atoms with Gasteiger partial charge in [-0.1, -0.05) is 18.2 Å². The van der Waals surface area contributed by atoms with E-state index in [1.165, 1.54) is 4.68 Å². The van der Waals surface area contributed by atoms with Crippen LogP contribution in [0.2, 0.25) is 0 Å². The molecule has 3 aromatic rings. The van der Waals surface area contributed by atoms with Crippen LogP contribution in [0.3, 0.4) is 0 Å². The first-order valence-corrected chi connectivity index (χ1v) is 9.80. The molecule has 1 aliphatic heterocycles. The molecule has 0 aliphatic carbocycles. The minimum atomic E-state index is -0.177. The number of piperazine rings is 1. The third kappa shape index (κ3) is 3.55. The Labute approximate surface area is 168 Å². The molecule has 1 saturated heterocycles. The van der Waals surface area contributed by atoms with Gasteiger partial charge in [0, 0.05) is 37.3 Å². The predicted molar refractivity (Wildman–Crippen MR) is 113 cm³/mol. The molecule has 0 unspecified atom stereocenters. The average molecular weight is 392 g/mol.